The van der Waals surface area contributed by atoms with Gasteiger partial charge in [-0.2, -0.15) is 0 Å². The summed E-state index contributed by atoms with van der Waals surface area (Å²) in [6, 6.07) is 9.45. The van der Waals surface area contributed by atoms with E-state index in [0.29, 0.717) is 11.6 Å². The maximum atomic E-state index is 5.41. The molecule has 1 heterocycles. The summed E-state index contributed by atoms with van der Waals surface area (Å²) in [5.41, 5.74) is 4.44. The number of hydrazine groups is 1. The molecule has 18 heavy (non-hydrogen) atoms. The van der Waals surface area contributed by atoms with Crippen LogP contribution >= 0.6 is 0 Å². The third kappa shape index (κ3) is 2.57. The molecule has 5 nitrogen and oxygen atoms in total. The molecule has 2 rings (SSSR count). The molecule has 0 fully saturated rings. The molecule has 0 spiro atoms. The minimum atomic E-state index is 0.618. The number of hydrogen-bond donors (Lipinski definition) is 2. The van der Waals surface area contributed by atoms with Crippen molar-refractivity contribution in [2.45, 2.75) is 13.3 Å². The Morgan fingerprint density at radius 3 is 2.50 bits per heavy atom. The number of anilines is 1. The second kappa shape index (κ2) is 5.46. The smallest absolute Gasteiger partial charge is 0.161 e. The van der Waals surface area contributed by atoms with Gasteiger partial charge in [0.2, 0.25) is 0 Å². The fourth-order valence-electron chi connectivity index (χ4n) is 1.62. The summed E-state index contributed by atoms with van der Waals surface area (Å²) in [5.74, 6) is 7.49. The molecule has 94 valence electrons. The maximum absolute atomic E-state index is 5.41. The Labute approximate surface area is 106 Å². The van der Waals surface area contributed by atoms with Crippen LogP contribution in [0.15, 0.2) is 30.3 Å². The fourth-order valence-corrected chi connectivity index (χ4v) is 1.62. The lowest BCUT2D eigenvalue weighted by molar-refractivity contribution is 0.415. The van der Waals surface area contributed by atoms with E-state index in [9.17, 15) is 0 Å². The Morgan fingerprint density at radius 1 is 1.22 bits per heavy atom. The molecule has 0 aliphatic heterocycles. The lowest BCUT2D eigenvalue weighted by Crippen LogP contribution is -2.10. The Kier molecular flexibility index (Phi) is 3.74. The number of methoxy groups -OCH3 is 1. The van der Waals surface area contributed by atoms with Crippen LogP contribution in [0.5, 0.6) is 5.75 Å². The van der Waals surface area contributed by atoms with Gasteiger partial charge in [-0.25, -0.2) is 15.8 Å². The number of hydrogen-bond acceptors (Lipinski definition) is 5. The number of nitrogens with zero attached hydrogens (tertiary/aromatic N) is 2. The number of nitrogens with one attached hydrogen (secondary N) is 1. The Balaban J connectivity index is 2.41. The number of aryl methyl sites for hydroxylation is 1. The van der Waals surface area contributed by atoms with E-state index < -0.39 is 0 Å². The average molecular weight is 244 g/mol. The van der Waals surface area contributed by atoms with Crippen molar-refractivity contribution in [1.29, 1.82) is 0 Å². The molecular formula is C13H16N4O. The molecule has 1 aromatic carbocycles. The van der Waals surface area contributed by atoms with E-state index in [1.165, 1.54) is 0 Å². The minimum Gasteiger partial charge on any atom is -0.497 e. The van der Waals surface area contributed by atoms with Crippen LogP contribution in [0.4, 0.5) is 5.82 Å². The van der Waals surface area contributed by atoms with Crippen LogP contribution in [0.25, 0.3) is 11.4 Å². The second-order valence-corrected chi connectivity index (χ2v) is 3.79. The molecule has 0 amide bonds. The van der Waals surface area contributed by atoms with Crippen LogP contribution in [0.1, 0.15) is 12.6 Å². The molecule has 2 aromatic rings. The molecule has 1 aromatic heterocycles. The van der Waals surface area contributed by atoms with Gasteiger partial charge in [0.05, 0.1) is 7.11 Å². The van der Waals surface area contributed by atoms with Crippen LogP contribution in [-0.2, 0) is 6.42 Å². The van der Waals surface area contributed by atoms with Gasteiger partial charge in [0.25, 0.3) is 0 Å². The normalized spacial score (nSPS) is 10.2. The first-order chi connectivity index (χ1) is 8.76. The third-order valence-electron chi connectivity index (χ3n) is 2.64. The van der Waals surface area contributed by atoms with Crippen LogP contribution in [0.2, 0.25) is 0 Å². The summed E-state index contributed by atoms with van der Waals surface area (Å²) in [6.07, 6.45) is 0.834. The average Bonchev–Trinajstić information content (AvgIpc) is 2.46. The largest absolute Gasteiger partial charge is 0.497 e. The summed E-state index contributed by atoms with van der Waals surface area (Å²) in [7, 11) is 1.64. The van der Waals surface area contributed by atoms with Crippen molar-refractivity contribution in [3.05, 3.63) is 36.0 Å². The van der Waals surface area contributed by atoms with Crippen LogP contribution < -0.4 is 16.0 Å². The van der Waals surface area contributed by atoms with Crippen molar-refractivity contribution in [2.24, 2.45) is 5.84 Å². The van der Waals surface area contributed by atoms with E-state index in [-0.39, 0.29) is 0 Å². The first-order valence-electron chi connectivity index (χ1n) is 5.75. The van der Waals surface area contributed by atoms with Gasteiger partial charge in [-0.05, 0) is 30.7 Å². The highest BCUT2D eigenvalue weighted by Gasteiger charge is 2.05. The van der Waals surface area contributed by atoms with Gasteiger partial charge in [-0.15, -0.1) is 0 Å². The van der Waals surface area contributed by atoms with E-state index in [1.807, 2.05) is 37.3 Å². The molecule has 0 radical (unpaired) electrons. The Bertz CT molecular complexity index is 503. The maximum Gasteiger partial charge on any atom is 0.161 e. The SMILES string of the molecule is CCc1cc(NN)nc(-c2ccc(OC)cc2)n1. The van der Waals surface area contributed by atoms with E-state index in [0.717, 1.165) is 23.4 Å². The molecule has 0 aliphatic carbocycles. The van der Waals surface area contributed by atoms with Crippen LogP contribution in [0, 0.1) is 0 Å². The zero-order valence-corrected chi connectivity index (χ0v) is 10.5. The zero-order chi connectivity index (χ0) is 13.0. The number of nitrogens with two attached hydrogens (primary N) is 1. The van der Waals surface area contributed by atoms with Gasteiger partial charge in [0.1, 0.15) is 11.6 Å². The monoisotopic (exact) mass is 244 g/mol. The molecule has 5 heteroatoms. The highest BCUT2D eigenvalue weighted by atomic mass is 16.5. The minimum absolute atomic E-state index is 0.618. The van der Waals surface area contributed by atoms with Crippen molar-refractivity contribution in [3.8, 4) is 17.1 Å². The van der Waals surface area contributed by atoms with E-state index in [1.54, 1.807) is 7.11 Å². The van der Waals surface area contributed by atoms with Crippen LogP contribution in [-0.4, -0.2) is 17.1 Å². The number of nitrogen functional groups attached to an aromatic ring is 1. The second-order valence-electron chi connectivity index (χ2n) is 3.79. The summed E-state index contributed by atoms with van der Waals surface area (Å²) in [6.45, 7) is 2.04. The molecule has 0 unspecified atom stereocenters. The predicted octanol–water partition coefficient (Wildman–Crippen LogP) is 2.00. The summed E-state index contributed by atoms with van der Waals surface area (Å²) in [4.78, 5) is 8.82. The first-order valence-corrected chi connectivity index (χ1v) is 5.75. The van der Waals surface area contributed by atoms with Crippen molar-refractivity contribution < 1.29 is 4.74 Å². The molecule has 0 saturated heterocycles. The molecule has 0 aliphatic rings. The summed E-state index contributed by atoms with van der Waals surface area (Å²) < 4.78 is 5.12. The molecule has 0 atom stereocenters. The van der Waals surface area contributed by atoms with Crippen molar-refractivity contribution in [1.82, 2.24) is 9.97 Å². The van der Waals surface area contributed by atoms with Gasteiger partial charge >= 0.3 is 0 Å². The first kappa shape index (κ1) is 12.3. The van der Waals surface area contributed by atoms with E-state index in [4.69, 9.17) is 10.6 Å². The van der Waals surface area contributed by atoms with Crippen molar-refractivity contribution in [2.75, 3.05) is 12.5 Å². The lowest BCUT2D eigenvalue weighted by atomic mass is 10.2. The predicted molar refractivity (Wildman–Crippen MR) is 71.2 cm³/mol. The highest BCUT2D eigenvalue weighted by molar-refractivity contribution is 5.58. The Hall–Kier alpha value is -2.14. The van der Waals surface area contributed by atoms with Crippen LogP contribution in [0.3, 0.4) is 0 Å². The zero-order valence-electron chi connectivity index (χ0n) is 10.5. The van der Waals surface area contributed by atoms with E-state index in [2.05, 4.69) is 15.4 Å². The highest BCUT2D eigenvalue weighted by Crippen LogP contribution is 2.21. The molecule has 3 N–H and O–H groups in total. The topological polar surface area (TPSA) is 73.1 Å². The van der Waals surface area contributed by atoms with Crippen molar-refractivity contribution in [3.63, 3.8) is 0 Å². The Morgan fingerprint density at radius 2 is 1.94 bits per heavy atom. The number of aromatic nitrogens is 2. The summed E-state index contributed by atoms with van der Waals surface area (Å²) >= 11 is 0. The molecule has 0 bridgehead atoms. The lowest BCUT2D eigenvalue weighted by Gasteiger charge is -2.07. The van der Waals surface area contributed by atoms with Gasteiger partial charge in [0, 0.05) is 17.3 Å². The fraction of sp³-hybridized carbons (Fsp3) is 0.231. The number of rotatable bonds is 4. The van der Waals surface area contributed by atoms with Gasteiger partial charge in [0.15, 0.2) is 5.82 Å². The van der Waals surface area contributed by atoms with Gasteiger partial charge < -0.3 is 10.2 Å². The number of benzene rings is 1. The standard InChI is InChI=1S/C13H16N4O/c1-3-10-8-12(17-14)16-13(15-10)9-4-6-11(18-2)7-5-9/h4-8H,3,14H2,1-2H3,(H,15,16,17). The summed E-state index contributed by atoms with van der Waals surface area (Å²) in [5, 5.41) is 0. The molecular weight excluding hydrogens is 228 g/mol. The number of ether oxygens (including phenoxy) is 1. The van der Waals surface area contributed by atoms with E-state index >= 15 is 0 Å². The quantitative estimate of drug-likeness (QED) is 0.635. The molecule has 0 saturated carbocycles. The van der Waals surface area contributed by atoms with Gasteiger partial charge in [-0.3, -0.25) is 0 Å². The third-order valence-corrected chi connectivity index (χ3v) is 2.64. The van der Waals surface area contributed by atoms with Crippen molar-refractivity contribution >= 4 is 5.82 Å². The van der Waals surface area contributed by atoms with Gasteiger partial charge in [-0.1, -0.05) is 6.92 Å².